The highest BCUT2D eigenvalue weighted by Gasteiger charge is 2.11. The van der Waals surface area contributed by atoms with Crippen LogP contribution < -0.4 is 10.1 Å². The van der Waals surface area contributed by atoms with Crippen molar-refractivity contribution >= 4 is 5.91 Å². The minimum absolute atomic E-state index is 0.0248. The van der Waals surface area contributed by atoms with E-state index >= 15 is 0 Å². The summed E-state index contributed by atoms with van der Waals surface area (Å²) in [7, 11) is 1.34. The molecule has 1 aromatic carbocycles. The molecule has 0 heterocycles. The molecule has 1 aromatic rings. The Morgan fingerprint density at radius 1 is 1.56 bits per heavy atom. The van der Waals surface area contributed by atoms with Crippen molar-refractivity contribution in [1.29, 1.82) is 0 Å². The first kappa shape index (κ1) is 14.4. The molecule has 1 atom stereocenters. The highest BCUT2D eigenvalue weighted by Crippen LogP contribution is 2.18. The lowest BCUT2D eigenvalue weighted by atomic mass is 10.1. The highest BCUT2D eigenvalue weighted by atomic mass is 19.1. The van der Waals surface area contributed by atoms with Crippen LogP contribution in [-0.2, 0) is 0 Å². The van der Waals surface area contributed by atoms with E-state index in [4.69, 9.17) is 4.74 Å². The SMILES string of the molecule is CCCC(O)CNC(=O)c1ccc(F)c(OC)c1. The summed E-state index contributed by atoms with van der Waals surface area (Å²) in [5.41, 5.74) is 0.303. The van der Waals surface area contributed by atoms with Gasteiger partial charge in [-0.05, 0) is 24.6 Å². The van der Waals surface area contributed by atoms with E-state index in [-0.39, 0.29) is 18.2 Å². The van der Waals surface area contributed by atoms with Gasteiger partial charge in [0.1, 0.15) is 0 Å². The molecular weight excluding hydrogens is 237 g/mol. The summed E-state index contributed by atoms with van der Waals surface area (Å²) in [5, 5.41) is 12.1. The molecule has 0 aliphatic rings. The monoisotopic (exact) mass is 255 g/mol. The standard InChI is InChI=1S/C13H18FNO3/c1-3-4-10(16)8-15-13(17)9-5-6-11(14)12(7-9)18-2/h5-7,10,16H,3-4,8H2,1-2H3,(H,15,17). The van der Waals surface area contributed by atoms with Crippen LogP contribution in [0.1, 0.15) is 30.1 Å². The zero-order chi connectivity index (χ0) is 13.5. The molecular formula is C13H18FNO3. The smallest absolute Gasteiger partial charge is 0.251 e. The molecule has 1 rings (SSSR count). The lowest BCUT2D eigenvalue weighted by Gasteiger charge is -2.11. The molecule has 0 radical (unpaired) electrons. The summed E-state index contributed by atoms with van der Waals surface area (Å²) in [6.45, 7) is 2.14. The molecule has 4 nitrogen and oxygen atoms in total. The maximum atomic E-state index is 13.2. The van der Waals surface area contributed by atoms with Gasteiger partial charge in [0.2, 0.25) is 0 Å². The molecule has 0 spiro atoms. The van der Waals surface area contributed by atoms with Crippen LogP contribution in [0, 0.1) is 5.82 Å². The number of methoxy groups -OCH3 is 1. The minimum atomic E-state index is -0.554. The number of aliphatic hydroxyl groups is 1. The van der Waals surface area contributed by atoms with Crippen molar-refractivity contribution in [3.63, 3.8) is 0 Å². The predicted octanol–water partition coefficient (Wildman–Crippen LogP) is 1.73. The second-order valence-electron chi connectivity index (χ2n) is 4.00. The van der Waals surface area contributed by atoms with Crippen LogP contribution in [0.15, 0.2) is 18.2 Å². The highest BCUT2D eigenvalue weighted by molar-refractivity contribution is 5.94. The number of hydrogen-bond donors (Lipinski definition) is 2. The predicted molar refractivity (Wildman–Crippen MR) is 66.2 cm³/mol. The number of carbonyl (C=O) groups is 1. The first-order valence-electron chi connectivity index (χ1n) is 5.88. The second-order valence-corrected chi connectivity index (χ2v) is 4.00. The van der Waals surface area contributed by atoms with Gasteiger partial charge in [-0.15, -0.1) is 0 Å². The zero-order valence-electron chi connectivity index (χ0n) is 10.6. The van der Waals surface area contributed by atoms with E-state index in [1.165, 1.54) is 25.3 Å². The topological polar surface area (TPSA) is 58.6 Å². The number of hydrogen-bond acceptors (Lipinski definition) is 3. The van der Waals surface area contributed by atoms with Gasteiger partial charge in [-0.25, -0.2) is 4.39 Å². The van der Waals surface area contributed by atoms with Gasteiger partial charge >= 0.3 is 0 Å². The molecule has 0 aliphatic heterocycles. The van der Waals surface area contributed by atoms with E-state index in [1.807, 2.05) is 6.92 Å². The van der Waals surface area contributed by atoms with Gasteiger partial charge in [0, 0.05) is 12.1 Å². The minimum Gasteiger partial charge on any atom is -0.494 e. The molecule has 0 saturated heterocycles. The number of carbonyl (C=O) groups excluding carboxylic acids is 1. The molecule has 0 aliphatic carbocycles. The van der Waals surface area contributed by atoms with E-state index < -0.39 is 11.9 Å². The molecule has 5 heteroatoms. The zero-order valence-corrected chi connectivity index (χ0v) is 10.6. The van der Waals surface area contributed by atoms with Crippen molar-refractivity contribution in [1.82, 2.24) is 5.32 Å². The van der Waals surface area contributed by atoms with Crippen LogP contribution in [0.3, 0.4) is 0 Å². The van der Waals surface area contributed by atoms with Gasteiger partial charge in [0.25, 0.3) is 5.91 Å². The Morgan fingerprint density at radius 2 is 2.28 bits per heavy atom. The van der Waals surface area contributed by atoms with E-state index in [0.29, 0.717) is 12.0 Å². The molecule has 0 aromatic heterocycles. The number of benzene rings is 1. The maximum absolute atomic E-state index is 13.2. The molecule has 1 unspecified atom stereocenters. The fourth-order valence-corrected chi connectivity index (χ4v) is 1.55. The van der Waals surface area contributed by atoms with Gasteiger partial charge in [-0.3, -0.25) is 4.79 Å². The number of amides is 1. The number of nitrogens with one attached hydrogen (secondary N) is 1. The van der Waals surface area contributed by atoms with Gasteiger partial charge in [-0.1, -0.05) is 13.3 Å². The van der Waals surface area contributed by atoms with E-state index in [1.54, 1.807) is 0 Å². The number of halogens is 1. The van der Waals surface area contributed by atoms with Crippen molar-refractivity contribution in [3.05, 3.63) is 29.6 Å². The summed E-state index contributed by atoms with van der Waals surface area (Å²) in [5.74, 6) is -0.847. The van der Waals surface area contributed by atoms with Crippen LogP contribution in [0.4, 0.5) is 4.39 Å². The van der Waals surface area contributed by atoms with Gasteiger partial charge in [0.15, 0.2) is 11.6 Å². The Bertz CT molecular complexity index is 409. The molecule has 0 fully saturated rings. The molecule has 1 amide bonds. The van der Waals surface area contributed by atoms with Crippen LogP contribution in [0.25, 0.3) is 0 Å². The molecule has 100 valence electrons. The van der Waals surface area contributed by atoms with Crippen molar-refractivity contribution in [3.8, 4) is 5.75 Å². The van der Waals surface area contributed by atoms with Crippen molar-refractivity contribution in [2.75, 3.05) is 13.7 Å². The fraction of sp³-hybridized carbons (Fsp3) is 0.462. The molecule has 0 saturated carbocycles. The van der Waals surface area contributed by atoms with Gasteiger partial charge < -0.3 is 15.2 Å². The summed E-state index contributed by atoms with van der Waals surface area (Å²) in [6, 6.07) is 3.88. The number of ether oxygens (including phenoxy) is 1. The van der Waals surface area contributed by atoms with Crippen molar-refractivity contribution in [2.45, 2.75) is 25.9 Å². The maximum Gasteiger partial charge on any atom is 0.251 e. The van der Waals surface area contributed by atoms with Crippen LogP contribution in [0.5, 0.6) is 5.75 Å². The van der Waals surface area contributed by atoms with Crippen LogP contribution >= 0.6 is 0 Å². The summed E-state index contributed by atoms with van der Waals surface area (Å²) >= 11 is 0. The van der Waals surface area contributed by atoms with Crippen molar-refractivity contribution < 1.29 is 19.0 Å². The largest absolute Gasteiger partial charge is 0.494 e. The lowest BCUT2D eigenvalue weighted by molar-refractivity contribution is 0.0909. The van der Waals surface area contributed by atoms with E-state index in [9.17, 15) is 14.3 Å². The third kappa shape index (κ3) is 4.00. The molecule has 0 bridgehead atoms. The summed E-state index contributed by atoms with van der Waals surface area (Å²) < 4.78 is 17.9. The third-order valence-corrected chi connectivity index (χ3v) is 2.53. The number of rotatable bonds is 6. The quantitative estimate of drug-likeness (QED) is 0.813. The fourth-order valence-electron chi connectivity index (χ4n) is 1.55. The van der Waals surface area contributed by atoms with E-state index in [2.05, 4.69) is 5.32 Å². The normalized spacial score (nSPS) is 12.0. The van der Waals surface area contributed by atoms with Gasteiger partial charge in [-0.2, -0.15) is 0 Å². The Balaban J connectivity index is 2.61. The Hall–Kier alpha value is -1.62. The average Bonchev–Trinajstić information content (AvgIpc) is 2.37. The van der Waals surface area contributed by atoms with Gasteiger partial charge in [0.05, 0.1) is 13.2 Å². The van der Waals surface area contributed by atoms with Crippen LogP contribution in [-0.4, -0.2) is 30.8 Å². The average molecular weight is 255 g/mol. The first-order valence-corrected chi connectivity index (χ1v) is 5.88. The van der Waals surface area contributed by atoms with E-state index in [0.717, 1.165) is 6.42 Å². The Labute approximate surface area is 106 Å². The second kappa shape index (κ2) is 6.96. The van der Waals surface area contributed by atoms with Crippen LogP contribution in [0.2, 0.25) is 0 Å². The Kier molecular flexibility index (Phi) is 5.58. The summed E-state index contributed by atoms with van der Waals surface area (Å²) in [4.78, 5) is 11.7. The number of aliphatic hydroxyl groups excluding tert-OH is 1. The Morgan fingerprint density at radius 3 is 2.89 bits per heavy atom. The third-order valence-electron chi connectivity index (χ3n) is 2.53. The lowest BCUT2D eigenvalue weighted by Crippen LogP contribution is -2.32. The molecule has 2 N–H and O–H groups in total. The van der Waals surface area contributed by atoms with Crippen molar-refractivity contribution in [2.24, 2.45) is 0 Å². The molecule has 18 heavy (non-hydrogen) atoms. The first-order chi connectivity index (χ1) is 8.58. The summed E-state index contributed by atoms with van der Waals surface area (Å²) in [6.07, 6.45) is 0.926.